The van der Waals surface area contributed by atoms with Crippen LogP contribution in [0.5, 0.6) is 0 Å². The molecule has 10 nitrogen and oxygen atoms in total. The Kier molecular flexibility index (Phi) is 7.72. The van der Waals surface area contributed by atoms with Gasteiger partial charge in [0.25, 0.3) is 15.9 Å². The smallest absolute Gasteiger partial charge is 0.292 e. The maximum Gasteiger partial charge on any atom is 0.292 e. The number of piperazine rings is 1. The Hall–Kier alpha value is -1.79. The van der Waals surface area contributed by atoms with E-state index in [-0.39, 0.29) is 36.0 Å². The Balaban J connectivity index is 1.94. The van der Waals surface area contributed by atoms with E-state index in [4.69, 9.17) is 11.6 Å². The van der Waals surface area contributed by atoms with Gasteiger partial charge in [0.1, 0.15) is 5.69 Å². The van der Waals surface area contributed by atoms with Gasteiger partial charge in [-0.25, -0.2) is 0 Å². The number of hydrogen-bond donors (Lipinski definition) is 1. The average Bonchev–Trinajstić information content (AvgIpc) is 2.62. The summed E-state index contributed by atoms with van der Waals surface area (Å²) in [6, 6.07) is 3.94. The largest absolute Gasteiger partial charge is 0.319 e. The molecule has 12 heteroatoms. The predicted octanol–water partition coefficient (Wildman–Crippen LogP) is 1.39. The minimum atomic E-state index is -3.49. The van der Waals surface area contributed by atoms with Crippen molar-refractivity contribution in [3.63, 3.8) is 0 Å². The van der Waals surface area contributed by atoms with Crippen LogP contribution in [0.4, 0.5) is 11.4 Å². The first-order valence-electron chi connectivity index (χ1n) is 8.90. The Morgan fingerprint density at radius 2 is 1.86 bits per heavy atom. The fourth-order valence-electron chi connectivity index (χ4n) is 2.99. The number of halogens is 1. The molecule has 0 aromatic heterocycles. The van der Waals surface area contributed by atoms with E-state index in [1.165, 1.54) is 26.8 Å². The molecule has 0 aliphatic carbocycles. The number of amides is 1. The van der Waals surface area contributed by atoms with E-state index >= 15 is 0 Å². The minimum absolute atomic E-state index is 0.00280. The lowest BCUT2D eigenvalue weighted by atomic mass is 10.2. The minimum Gasteiger partial charge on any atom is -0.319 e. The molecular formula is C16H24ClN5O5S. The Bertz CT molecular complexity index is 823. The van der Waals surface area contributed by atoms with Gasteiger partial charge in [-0.2, -0.15) is 17.0 Å². The second kappa shape index (κ2) is 9.61. The third kappa shape index (κ3) is 5.39. The van der Waals surface area contributed by atoms with E-state index in [1.54, 1.807) is 18.7 Å². The monoisotopic (exact) mass is 433 g/mol. The topological polar surface area (TPSA) is 116 Å². The summed E-state index contributed by atoms with van der Waals surface area (Å²) in [5.41, 5.74) is -0.210. The lowest BCUT2D eigenvalue weighted by molar-refractivity contribution is -0.383. The van der Waals surface area contributed by atoms with Gasteiger partial charge in [0, 0.05) is 50.4 Å². The van der Waals surface area contributed by atoms with E-state index in [9.17, 15) is 23.3 Å². The molecule has 2 rings (SSSR count). The zero-order chi connectivity index (χ0) is 20.9. The van der Waals surface area contributed by atoms with Crippen LogP contribution in [0.15, 0.2) is 18.2 Å². The van der Waals surface area contributed by atoms with Crippen molar-refractivity contribution in [2.45, 2.75) is 13.8 Å². The van der Waals surface area contributed by atoms with Crippen LogP contribution in [0, 0.1) is 10.1 Å². The normalized spacial score (nSPS) is 16.3. The number of anilines is 1. The number of nitro groups is 1. The lowest BCUT2D eigenvalue weighted by Gasteiger charge is -2.35. The van der Waals surface area contributed by atoms with Crippen LogP contribution in [-0.2, 0) is 15.0 Å². The third-order valence-corrected chi connectivity index (χ3v) is 6.91. The van der Waals surface area contributed by atoms with Crippen molar-refractivity contribution in [3.05, 3.63) is 33.3 Å². The predicted molar refractivity (Wildman–Crippen MR) is 107 cm³/mol. The second-order valence-electron chi connectivity index (χ2n) is 6.23. The summed E-state index contributed by atoms with van der Waals surface area (Å²) < 4.78 is 27.9. The van der Waals surface area contributed by atoms with Gasteiger partial charge >= 0.3 is 0 Å². The number of benzene rings is 1. The first-order valence-corrected chi connectivity index (χ1v) is 10.7. The molecule has 1 aliphatic heterocycles. The van der Waals surface area contributed by atoms with Gasteiger partial charge in [-0.15, -0.1) is 0 Å². The summed E-state index contributed by atoms with van der Waals surface area (Å²) in [6.07, 6.45) is 0. The van der Waals surface area contributed by atoms with Gasteiger partial charge in [0.15, 0.2) is 0 Å². The highest BCUT2D eigenvalue weighted by Gasteiger charge is 2.31. The lowest BCUT2D eigenvalue weighted by Crippen LogP contribution is -2.54. The summed E-state index contributed by atoms with van der Waals surface area (Å²) in [4.78, 5) is 24.6. The van der Waals surface area contributed by atoms with Crippen LogP contribution in [0.1, 0.15) is 13.8 Å². The van der Waals surface area contributed by atoms with Crippen molar-refractivity contribution >= 4 is 39.1 Å². The molecule has 1 saturated heterocycles. The van der Waals surface area contributed by atoms with Gasteiger partial charge < -0.3 is 5.32 Å². The van der Waals surface area contributed by atoms with Crippen LogP contribution >= 0.6 is 11.6 Å². The molecule has 0 bridgehead atoms. The first kappa shape index (κ1) is 22.5. The van der Waals surface area contributed by atoms with Gasteiger partial charge in [-0.1, -0.05) is 25.4 Å². The molecule has 0 spiro atoms. The number of carbonyl (C=O) groups excluding carboxylic acids is 1. The Morgan fingerprint density at radius 3 is 2.39 bits per heavy atom. The Labute approximate surface area is 169 Å². The van der Waals surface area contributed by atoms with Gasteiger partial charge in [0.2, 0.25) is 5.91 Å². The van der Waals surface area contributed by atoms with Crippen LogP contribution < -0.4 is 5.32 Å². The summed E-state index contributed by atoms with van der Waals surface area (Å²) in [5, 5.41) is 13.9. The maximum absolute atomic E-state index is 12.5. The highest BCUT2D eigenvalue weighted by Crippen LogP contribution is 2.27. The van der Waals surface area contributed by atoms with Gasteiger partial charge in [-0.05, 0) is 12.1 Å². The molecule has 1 aliphatic rings. The molecule has 1 amide bonds. The molecule has 1 fully saturated rings. The van der Waals surface area contributed by atoms with Gasteiger partial charge in [-0.3, -0.25) is 19.8 Å². The molecule has 0 saturated carbocycles. The first-order chi connectivity index (χ1) is 13.2. The second-order valence-corrected chi connectivity index (χ2v) is 8.60. The van der Waals surface area contributed by atoms with E-state index in [0.717, 1.165) is 0 Å². The molecule has 1 heterocycles. The molecule has 1 aromatic rings. The molecule has 0 atom stereocenters. The zero-order valence-corrected chi connectivity index (χ0v) is 17.4. The third-order valence-electron chi connectivity index (χ3n) is 4.49. The van der Waals surface area contributed by atoms with E-state index < -0.39 is 21.0 Å². The number of nitro benzene ring substituents is 1. The quantitative estimate of drug-likeness (QED) is 0.489. The molecular weight excluding hydrogens is 410 g/mol. The maximum atomic E-state index is 12.5. The molecule has 156 valence electrons. The number of hydrogen-bond acceptors (Lipinski definition) is 6. The molecule has 28 heavy (non-hydrogen) atoms. The molecule has 0 unspecified atom stereocenters. The van der Waals surface area contributed by atoms with Crippen molar-refractivity contribution in [2.24, 2.45) is 0 Å². The van der Waals surface area contributed by atoms with Crippen LogP contribution in [0.2, 0.25) is 5.02 Å². The van der Waals surface area contributed by atoms with Crippen LogP contribution in [0.25, 0.3) is 0 Å². The standard InChI is InChI=1S/C16H24ClN5O5S/c1-3-20(4-2)28(26,27)21-9-7-19(8-10-21)12-16(23)18-14-11-13(17)5-6-15(14)22(24)25/h5-6,11H,3-4,7-10,12H2,1-2H3,(H,18,23). The Morgan fingerprint density at radius 1 is 1.25 bits per heavy atom. The van der Waals surface area contributed by atoms with Crippen molar-refractivity contribution < 1.29 is 18.1 Å². The number of rotatable bonds is 8. The van der Waals surface area contributed by atoms with Crippen molar-refractivity contribution in [2.75, 3.05) is 51.1 Å². The summed E-state index contributed by atoms with van der Waals surface area (Å²) in [5.74, 6) is -0.426. The fraction of sp³-hybridized carbons (Fsp3) is 0.562. The molecule has 1 aromatic carbocycles. The fourth-order valence-corrected chi connectivity index (χ4v) is 4.77. The van der Waals surface area contributed by atoms with Crippen LogP contribution in [0.3, 0.4) is 0 Å². The van der Waals surface area contributed by atoms with E-state index in [1.807, 2.05) is 0 Å². The SMILES string of the molecule is CCN(CC)S(=O)(=O)N1CCN(CC(=O)Nc2cc(Cl)ccc2[N+](=O)[O-])CC1. The number of carbonyl (C=O) groups is 1. The number of nitrogens with one attached hydrogen (secondary N) is 1. The zero-order valence-electron chi connectivity index (χ0n) is 15.8. The summed E-state index contributed by atoms with van der Waals surface area (Å²) in [6.45, 7) is 5.74. The highest BCUT2D eigenvalue weighted by molar-refractivity contribution is 7.86. The summed E-state index contributed by atoms with van der Waals surface area (Å²) in [7, 11) is -3.49. The van der Waals surface area contributed by atoms with Gasteiger partial charge in [0.05, 0.1) is 11.5 Å². The number of nitrogens with zero attached hydrogens (tertiary/aromatic N) is 4. The van der Waals surface area contributed by atoms with E-state index in [0.29, 0.717) is 26.2 Å². The summed E-state index contributed by atoms with van der Waals surface area (Å²) >= 11 is 5.85. The van der Waals surface area contributed by atoms with Crippen molar-refractivity contribution in [1.82, 2.24) is 13.5 Å². The van der Waals surface area contributed by atoms with Crippen molar-refractivity contribution in [1.29, 1.82) is 0 Å². The molecule has 0 radical (unpaired) electrons. The van der Waals surface area contributed by atoms with Crippen molar-refractivity contribution in [3.8, 4) is 0 Å². The highest BCUT2D eigenvalue weighted by atomic mass is 35.5. The van der Waals surface area contributed by atoms with Crippen LogP contribution in [-0.4, -0.2) is 78.6 Å². The molecule has 1 N–H and O–H groups in total. The average molecular weight is 434 g/mol. The van der Waals surface area contributed by atoms with E-state index in [2.05, 4.69) is 5.32 Å².